The number of H-pyrrole nitrogens is 1. The Bertz CT molecular complexity index is 654. The highest BCUT2D eigenvalue weighted by molar-refractivity contribution is 5.80. The van der Waals surface area contributed by atoms with Crippen LogP contribution in [0.5, 0.6) is 0 Å². The molecule has 3 nitrogen and oxygen atoms in total. The lowest BCUT2D eigenvalue weighted by Gasteiger charge is -1.90. The van der Waals surface area contributed by atoms with Crippen molar-refractivity contribution in [3.8, 4) is 11.4 Å². The van der Waals surface area contributed by atoms with Gasteiger partial charge in [-0.15, -0.1) is 0 Å². The van der Waals surface area contributed by atoms with E-state index in [9.17, 15) is 4.39 Å². The molecule has 0 saturated heterocycles. The fourth-order valence-corrected chi connectivity index (χ4v) is 1.76. The second-order valence-electron chi connectivity index (χ2n) is 3.61. The first-order valence-electron chi connectivity index (χ1n) is 4.94. The first kappa shape index (κ1) is 9.15. The molecule has 0 aliphatic rings. The highest BCUT2D eigenvalue weighted by Gasteiger charge is 2.11. The van der Waals surface area contributed by atoms with E-state index in [0.29, 0.717) is 16.9 Å². The van der Waals surface area contributed by atoms with Gasteiger partial charge in [0.1, 0.15) is 17.1 Å². The minimum absolute atomic E-state index is 0.318. The van der Waals surface area contributed by atoms with Crippen molar-refractivity contribution in [3.63, 3.8) is 0 Å². The topological polar surface area (TPSA) is 41.8 Å². The number of nitrogens with zero attached hydrogens (tertiary/aromatic N) is 1. The van der Waals surface area contributed by atoms with E-state index in [1.807, 2.05) is 13.0 Å². The number of furan rings is 1. The molecule has 0 fully saturated rings. The van der Waals surface area contributed by atoms with E-state index < -0.39 is 0 Å². The van der Waals surface area contributed by atoms with Gasteiger partial charge in [0, 0.05) is 0 Å². The number of halogens is 1. The van der Waals surface area contributed by atoms with Gasteiger partial charge in [0.05, 0.1) is 17.3 Å². The molecule has 0 bridgehead atoms. The van der Waals surface area contributed by atoms with Gasteiger partial charge in [-0.1, -0.05) is 6.07 Å². The average molecular weight is 216 g/mol. The van der Waals surface area contributed by atoms with Crippen molar-refractivity contribution in [2.75, 3.05) is 0 Å². The van der Waals surface area contributed by atoms with Crippen LogP contribution in [-0.4, -0.2) is 9.97 Å². The number of benzene rings is 1. The molecule has 0 spiro atoms. The molecular formula is C12H9FN2O. The SMILES string of the molecule is Cc1occc1-c1nc2c(F)cccc2[nH]1. The molecule has 4 heteroatoms. The van der Waals surface area contributed by atoms with Crippen LogP contribution in [0.1, 0.15) is 5.76 Å². The van der Waals surface area contributed by atoms with Crippen LogP contribution in [0.3, 0.4) is 0 Å². The number of aryl methyl sites for hydroxylation is 1. The van der Waals surface area contributed by atoms with Crippen molar-refractivity contribution in [3.05, 3.63) is 42.1 Å². The third kappa shape index (κ3) is 1.23. The Labute approximate surface area is 90.9 Å². The molecule has 16 heavy (non-hydrogen) atoms. The summed E-state index contributed by atoms with van der Waals surface area (Å²) in [4.78, 5) is 7.29. The summed E-state index contributed by atoms with van der Waals surface area (Å²) in [5.74, 6) is 1.08. The van der Waals surface area contributed by atoms with Crippen LogP contribution in [-0.2, 0) is 0 Å². The third-order valence-electron chi connectivity index (χ3n) is 2.58. The summed E-state index contributed by atoms with van der Waals surface area (Å²) < 4.78 is 18.6. The fraction of sp³-hybridized carbons (Fsp3) is 0.0833. The van der Waals surface area contributed by atoms with E-state index in [1.54, 1.807) is 18.4 Å². The number of para-hydroxylation sites is 1. The fourth-order valence-electron chi connectivity index (χ4n) is 1.76. The number of rotatable bonds is 1. The van der Waals surface area contributed by atoms with Gasteiger partial charge in [-0.25, -0.2) is 9.37 Å². The zero-order valence-corrected chi connectivity index (χ0v) is 8.62. The van der Waals surface area contributed by atoms with Crippen molar-refractivity contribution in [1.82, 2.24) is 9.97 Å². The van der Waals surface area contributed by atoms with Gasteiger partial charge in [-0.05, 0) is 25.1 Å². The summed E-state index contributed by atoms with van der Waals surface area (Å²) in [6, 6.07) is 6.66. The lowest BCUT2D eigenvalue weighted by molar-refractivity contribution is 0.535. The Balaban J connectivity index is 2.27. The predicted octanol–water partition coefficient (Wildman–Crippen LogP) is 3.27. The van der Waals surface area contributed by atoms with Crippen LogP contribution in [0.15, 0.2) is 34.9 Å². The van der Waals surface area contributed by atoms with Crippen LogP contribution in [0.4, 0.5) is 4.39 Å². The highest BCUT2D eigenvalue weighted by atomic mass is 19.1. The quantitative estimate of drug-likeness (QED) is 0.678. The minimum Gasteiger partial charge on any atom is -0.469 e. The molecule has 3 rings (SSSR count). The Morgan fingerprint density at radius 3 is 2.88 bits per heavy atom. The minimum atomic E-state index is -0.318. The van der Waals surface area contributed by atoms with Crippen LogP contribution >= 0.6 is 0 Å². The normalized spacial score (nSPS) is 11.1. The summed E-state index contributed by atoms with van der Waals surface area (Å²) in [5, 5.41) is 0. The van der Waals surface area contributed by atoms with Crippen molar-refractivity contribution >= 4 is 11.0 Å². The maximum Gasteiger partial charge on any atom is 0.151 e. The molecule has 0 amide bonds. The summed E-state index contributed by atoms with van der Waals surface area (Å²) in [7, 11) is 0. The molecule has 2 aromatic heterocycles. The molecule has 2 heterocycles. The number of imidazole rings is 1. The summed E-state index contributed by atoms with van der Waals surface area (Å²) in [6.45, 7) is 1.85. The van der Waals surface area contributed by atoms with Gasteiger partial charge in [0.15, 0.2) is 5.82 Å². The Kier molecular flexibility index (Phi) is 1.83. The van der Waals surface area contributed by atoms with E-state index in [-0.39, 0.29) is 5.82 Å². The van der Waals surface area contributed by atoms with Crippen molar-refractivity contribution in [2.45, 2.75) is 6.92 Å². The third-order valence-corrected chi connectivity index (χ3v) is 2.58. The van der Waals surface area contributed by atoms with E-state index in [4.69, 9.17) is 4.42 Å². The zero-order valence-electron chi connectivity index (χ0n) is 8.62. The molecule has 0 aliphatic heterocycles. The standard InChI is InChI=1S/C12H9FN2O/c1-7-8(5-6-16-7)12-14-10-4-2-3-9(13)11(10)15-12/h2-6H,1H3,(H,14,15). The first-order valence-corrected chi connectivity index (χ1v) is 4.94. The molecule has 0 unspecified atom stereocenters. The first-order chi connectivity index (χ1) is 7.75. The highest BCUT2D eigenvalue weighted by Crippen LogP contribution is 2.25. The maximum atomic E-state index is 13.4. The number of fused-ring (bicyclic) bond motifs is 1. The molecule has 3 aromatic rings. The van der Waals surface area contributed by atoms with Crippen molar-refractivity contribution in [1.29, 1.82) is 0 Å². The van der Waals surface area contributed by atoms with E-state index in [1.165, 1.54) is 6.07 Å². The average Bonchev–Trinajstić information content (AvgIpc) is 2.84. The van der Waals surface area contributed by atoms with Gasteiger partial charge in [-0.3, -0.25) is 0 Å². The molecule has 80 valence electrons. The number of nitrogens with one attached hydrogen (secondary N) is 1. The van der Waals surface area contributed by atoms with E-state index in [2.05, 4.69) is 9.97 Å². The second kappa shape index (κ2) is 3.20. The molecule has 0 saturated carbocycles. The van der Waals surface area contributed by atoms with E-state index >= 15 is 0 Å². The molecule has 1 aromatic carbocycles. The van der Waals surface area contributed by atoms with Gasteiger partial charge < -0.3 is 9.40 Å². The lowest BCUT2D eigenvalue weighted by atomic mass is 10.2. The van der Waals surface area contributed by atoms with Crippen molar-refractivity contribution < 1.29 is 8.81 Å². The maximum absolute atomic E-state index is 13.4. The number of aromatic amines is 1. The van der Waals surface area contributed by atoms with Crippen LogP contribution in [0.25, 0.3) is 22.4 Å². The zero-order chi connectivity index (χ0) is 11.1. The van der Waals surface area contributed by atoms with Gasteiger partial charge in [0.25, 0.3) is 0 Å². The van der Waals surface area contributed by atoms with Gasteiger partial charge in [0.2, 0.25) is 0 Å². The number of aromatic nitrogens is 2. The molecule has 0 radical (unpaired) electrons. The smallest absolute Gasteiger partial charge is 0.151 e. The number of hydrogen-bond donors (Lipinski definition) is 1. The van der Waals surface area contributed by atoms with Crippen LogP contribution in [0, 0.1) is 12.7 Å². The van der Waals surface area contributed by atoms with Gasteiger partial charge >= 0.3 is 0 Å². The Morgan fingerprint density at radius 1 is 1.31 bits per heavy atom. The molecule has 0 atom stereocenters. The molecular weight excluding hydrogens is 207 g/mol. The summed E-state index contributed by atoms with van der Waals surface area (Å²) in [6.07, 6.45) is 1.59. The molecule has 0 aliphatic carbocycles. The monoisotopic (exact) mass is 216 g/mol. The van der Waals surface area contributed by atoms with Crippen LogP contribution in [0.2, 0.25) is 0 Å². The summed E-state index contributed by atoms with van der Waals surface area (Å²) in [5.41, 5.74) is 1.91. The largest absolute Gasteiger partial charge is 0.469 e. The number of hydrogen-bond acceptors (Lipinski definition) is 2. The Morgan fingerprint density at radius 2 is 2.19 bits per heavy atom. The van der Waals surface area contributed by atoms with E-state index in [0.717, 1.165) is 11.3 Å². The molecule has 1 N–H and O–H groups in total. The predicted molar refractivity (Wildman–Crippen MR) is 58.5 cm³/mol. The van der Waals surface area contributed by atoms with Crippen molar-refractivity contribution in [2.24, 2.45) is 0 Å². The van der Waals surface area contributed by atoms with Crippen LogP contribution < -0.4 is 0 Å². The second-order valence-corrected chi connectivity index (χ2v) is 3.61. The lowest BCUT2D eigenvalue weighted by Crippen LogP contribution is -1.79. The van der Waals surface area contributed by atoms with Gasteiger partial charge in [-0.2, -0.15) is 0 Å². The Hall–Kier alpha value is -2.10. The summed E-state index contributed by atoms with van der Waals surface area (Å²) >= 11 is 0.